The molecule has 0 amide bonds. The summed E-state index contributed by atoms with van der Waals surface area (Å²) < 4.78 is 39.1. The zero-order valence-electron chi connectivity index (χ0n) is 19.7. The van der Waals surface area contributed by atoms with E-state index in [1.54, 1.807) is 36.4 Å². The van der Waals surface area contributed by atoms with Crippen LogP contribution in [0.3, 0.4) is 0 Å². The van der Waals surface area contributed by atoms with Gasteiger partial charge in [0.25, 0.3) is 10.1 Å². The van der Waals surface area contributed by atoms with Crippen molar-refractivity contribution in [2.24, 2.45) is 0 Å². The van der Waals surface area contributed by atoms with E-state index in [1.165, 1.54) is 31.7 Å². The molecule has 0 heterocycles. The molecule has 0 unspecified atom stereocenters. The van der Waals surface area contributed by atoms with E-state index in [-0.39, 0.29) is 51.4 Å². The number of carbonyl (C=O) groups excluding carboxylic acids is 2. The summed E-state index contributed by atoms with van der Waals surface area (Å²) in [6.45, 7) is 0. The maximum atomic E-state index is 13.7. The Kier molecular flexibility index (Phi) is 6.27. The van der Waals surface area contributed by atoms with Crippen LogP contribution in [0.4, 0.5) is 17.1 Å². The molecule has 0 aromatic heterocycles. The molecule has 9 heteroatoms. The number of anilines is 3. The molecule has 36 heavy (non-hydrogen) atoms. The van der Waals surface area contributed by atoms with Gasteiger partial charge >= 0.3 is 0 Å². The van der Waals surface area contributed by atoms with Crippen LogP contribution in [0, 0.1) is 0 Å². The lowest BCUT2D eigenvalue weighted by atomic mass is 9.82. The third-order valence-corrected chi connectivity index (χ3v) is 7.67. The van der Waals surface area contributed by atoms with Crippen LogP contribution in [0.2, 0.25) is 0 Å². The smallest absolute Gasteiger partial charge is 0.296 e. The third kappa shape index (κ3) is 4.36. The van der Waals surface area contributed by atoms with Crippen molar-refractivity contribution in [3.63, 3.8) is 0 Å². The number of nitrogens with one attached hydrogen (secondary N) is 2. The number of methoxy groups -OCH3 is 1. The van der Waals surface area contributed by atoms with Gasteiger partial charge in [0.15, 0.2) is 11.6 Å². The Morgan fingerprint density at radius 1 is 0.833 bits per heavy atom. The predicted octanol–water partition coefficient (Wildman–Crippen LogP) is 5.21. The molecule has 2 aliphatic carbocycles. The average Bonchev–Trinajstić information content (AvgIpc) is 2.88. The Hall–Kier alpha value is -3.69. The number of hydrogen-bond acceptors (Lipinski definition) is 7. The number of benzene rings is 3. The van der Waals surface area contributed by atoms with Crippen LogP contribution in [-0.2, 0) is 10.1 Å². The van der Waals surface area contributed by atoms with Crippen molar-refractivity contribution in [2.45, 2.75) is 43.0 Å². The number of ether oxygens (including phenoxy) is 1. The Bertz CT molecular complexity index is 1480. The molecule has 1 saturated carbocycles. The fourth-order valence-electron chi connectivity index (χ4n) is 5.01. The number of rotatable bonds is 6. The minimum atomic E-state index is -4.61. The number of fused-ring (bicyclic) bond motifs is 2. The van der Waals surface area contributed by atoms with Crippen molar-refractivity contribution < 1.29 is 27.3 Å². The van der Waals surface area contributed by atoms with E-state index < -0.39 is 15.0 Å². The second-order valence-corrected chi connectivity index (χ2v) is 10.4. The van der Waals surface area contributed by atoms with Crippen molar-refractivity contribution in [1.29, 1.82) is 0 Å². The lowest BCUT2D eigenvalue weighted by Crippen LogP contribution is -2.27. The fourth-order valence-corrected chi connectivity index (χ4v) is 5.67. The van der Waals surface area contributed by atoms with Crippen LogP contribution in [0.25, 0.3) is 0 Å². The molecule has 0 radical (unpaired) electrons. The van der Waals surface area contributed by atoms with E-state index in [0.29, 0.717) is 11.3 Å². The first-order valence-corrected chi connectivity index (χ1v) is 13.3. The highest BCUT2D eigenvalue weighted by molar-refractivity contribution is 7.86. The van der Waals surface area contributed by atoms with E-state index in [9.17, 15) is 22.6 Å². The van der Waals surface area contributed by atoms with Gasteiger partial charge in [-0.25, -0.2) is 0 Å². The van der Waals surface area contributed by atoms with Gasteiger partial charge in [0.1, 0.15) is 10.6 Å². The van der Waals surface area contributed by atoms with E-state index in [1.807, 2.05) is 0 Å². The normalized spacial score (nSPS) is 15.7. The molecule has 3 aromatic rings. The molecular formula is C27H26N2O6S. The predicted molar refractivity (Wildman–Crippen MR) is 136 cm³/mol. The van der Waals surface area contributed by atoms with Crippen LogP contribution in [-0.4, -0.2) is 37.7 Å². The summed E-state index contributed by atoms with van der Waals surface area (Å²) in [5, 5.41) is 6.45. The van der Waals surface area contributed by atoms with Crippen molar-refractivity contribution in [3.05, 3.63) is 76.9 Å². The highest BCUT2D eigenvalue weighted by Gasteiger charge is 2.34. The number of carbonyl (C=O) groups is 2. The molecular weight excluding hydrogens is 480 g/mol. The van der Waals surface area contributed by atoms with Crippen molar-refractivity contribution in [3.8, 4) is 5.75 Å². The second-order valence-electron chi connectivity index (χ2n) is 9.06. The third-order valence-electron chi connectivity index (χ3n) is 6.78. The van der Waals surface area contributed by atoms with Crippen molar-refractivity contribution in [1.82, 2.24) is 0 Å². The molecule has 3 aromatic carbocycles. The molecule has 186 valence electrons. The molecule has 2 aliphatic rings. The monoisotopic (exact) mass is 506 g/mol. The van der Waals surface area contributed by atoms with Crippen molar-refractivity contribution in [2.75, 3.05) is 17.7 Å². The molecule has 0 saturated heterocycles. The zero-order chi connectivity index (χ0) is 25.4. The molecule has 0 atom stereocenters. The minimum absolute atomic E-state index is 0.0487. The summed E-state index contributed by atoms with van der Waals surface area (Å²) >= 11 is 0. The van der Waals surface area contributed by atoms with Gasteiger partial charge in [-0.1, -0.05) is 43.5 Å². The summed E-state index contributed by atoms with van der Waals surface area (Å²) in [5.41, 5.74) is 1.95. The molecule has 5 rings (SSSR count). The van der Waals surface area contributed by atoms with E-state index in [2.05, 4.69) is 10.6 Å². The highest BCUT2D eigenvalue weighted by atomic mass is 32.2. The fraction of sp³-hybridized carbons (Fsp3) is 0.259. The standard InChI is InChI=1S/C27H26N2O6S/c1-35-17-11-12-20(23(15-17)36(32,33)34)29-22-14-13-21(28-16-7-3-2-4-8-16)24-25(22)27(31)19-10-6-5-9-18(19)26(24)30/h5-6,9-16,28-29H,2-4,7-8H2,1H3,(H,32,33,34). The lowest BCUT2D eigenvalue weighted by Gasteiger charge is -2.28. The molecule has 1 fully saturated rings. The largest absolute Gasteiger partial charge is 0.497 e. The summed E-state index contributed by atoms with van der Waals surface area (Å²) in [4.78, 5) is 26.9. The topological polar surface area (TPSA) is 122 Å². The number of ketones is 2. The summed E-state index contributed by atoms with van der Waals surface area (Å²) in [7, 11) is -3.23. The molecule has 0 spiro atoms. The summed E-state index contributed by atoms with van der Waals surface area (Å²) in [6.07, 6.45) is 5.35. The first-order valence-electron chi connectivity index (χ1n) is 11.8. The van der Waals surface area contributed by atoms with Gasteiger partial charge in [-0.2, -0.15) is 8.42 Å². The number of hydrogen-bond donors (Lipinski definition) is 3. The van der Waals surface area contributed by atoms with Crippen LogP contribution in [0.15, 0.2) is 59.5 Å². The maximum Gasteiger partial charge on any atom is 0.296 e. The molecule has 8 nitrogen and oxygen atoms in total. The van der Waals surface area contributed by atoms with Gasteiger partial charge in [-0.15, -0.1) is 0 Å². The van der Waals surface area contributed by atoms with Crippen LogP contribution in [0.5, 0.6) is 5.75 Å². The lowest BCUT2D eigenvalue weighted by molar-refractivity contribution is 0.0980. The first kappa shape index (κ1) is 24.0. The van der Waals surface area contributed by atoms with E-state index in [4.69, 9.17) is 4.74 Å². The van der Waals surface area contributed by atoms with Crippen LogP contribution in [0.1, 0.15) is 63.9 Å². The Labute approximate surface area is 209 Å². The second kappa shape index (κ2) is 9.40. The quantitative estimate of drug-likeness (QED) is 0.305. The first-order chi connectivity index (χ1) is 17.3. The molecule has 0 bridgehead atoms. The van der Waals surface area contributed by atoms with Gasteiger partial charge in [-0.05, 0) is 37.1 Å². The van der Waals surface area contributed by atoms with Crippen molar-refractivity contribution >= 4 is 38.7 Å². The minimum Gasteiger partial charge on any atom is -0.497 e. The Balaban J connectivity index is 1.65. The van der Waals surface area contributed by atoms with Gasteiger partial charge in [0.05, 0.1) is 29.6 Å². The SMILES string of the molecule is COc1ccc(Nc2ccc(NC3CCCCC3)c3c2C(=O)c2ccccc2C3=O)c(S(=O)(=O)O)c1. The Morgan fingerprint density at radius 3 is 2.03 bits per heavy atom. The zero-order valence-corrected chi connectivity index (χ0v) is 20.5. The Morgan fingerprint density at radius 2 is 1.42 bits per heavy atom. The van der Waals surface area contributed by atoms with Crippen LogP contribution >= 0.6 is 0 Å². The van der Waals surface area contributed by atoms with Gasteiger partial charge in [0, 0.05) is 28.9 Å². The average molecular weight is 507 g/mol. The maximum absolute atomic E-state index is 13.7. The van der Waals surface area contributed by atoms with E-state index >= 15 is 0 Å². The van der Waals surface area contributed by atoms with Crippen LogP contribution < -0.4 is 15.4 Å². The van der Waals surface area contributed by atoms with Gasteiger partial charge in [0.2, 0.25) is 0 Å². The summed E-state index contributed by atoms with van der Waals surface area (Å²) in [6, 6.07) is 14.4. The van der Waals surface area contributed by atoms with Gasteiger partial charge < -0.3 is 15.4 Å². The summed E-state index contributed by atoms with van der Waals surface area (Å²) in [5.74, 6) is -0.369. The van der Waals surface area contributed by atoms with E-state index in [0.717, 1.165) is 25.7 Å². The molecule has 0 aliphatic heterocycles. The highest BCUT2D eigenvalue weighted by Crippen LogP contribution is 2.39. The molecule has 3 N–H and O–H groups in total. The van der Waals surface area contributed by atoms with Gasteiger partial charge in [-0.3, -0.25) is 14.1 Å².